The average molecular weight is 360 g/mol. The second-order valence-electron chi connectivity index (χ2n) is 6.08. The third-order valence-corrected chi connectivity index (χ3v) is 4.41. The highest BCUT2D eigenvalue weighted by atomic mass is 35.5. The largest absolute Gasteiger partial charge is 0.382 e. The molecular weight excluding hydrogens is 338 g/mol. The molecule has 1 aromatic carbocycles. The lowest BCUT2D eigenvalue weighted by Crippen LogP contribution is -2.26. The number of benzene rings is 1. The van der Waals surface area contributed by atoms with Gasteiger partial charge < -0.3 is 15.4 Å². The first-order valence-electron chi connectivity index (χ1n) is 8.55. The van der Waals surface area contributed by atoms with Gasteiger partial charge in [-0.05, 0) is 49.1 Å². The minimum Gasteiger partial charge on any atom is -0.382 e. The fourth-order valence-corrected chi connectivity index (χ4v) is 2.89. The molecule has 2 aromatic rings. The summed E-state index contributed by atoms with van der Waals surface area (Å²) >= 11 is 5.87. The highest BCUT2D eigenvalue weighted by molar-refractivity contribution is 6.30. The van der Waals surface area contributed by atoms with Crippen molar-refractivity contribution >= 4 is 23.2 Å². The van der Waals surface area contributed by atoms with Gasteiger partial charge in [0.15, 0.2) is 0 Å². The van der Waals surface area contributed by atoms with Crippen molar-refractivity contribution < 1.29 is 9.53 Å². The fourth-order valence-electron chi connectivity index (χ4n) is 2.76. The zero-order valence-corrected chi connectivity index (χ0v) is 14.8. The number of nitrogens with one attached hydrogen (secondary N) is 2. The molecule has 2 heterocycles. The summed E-state index contributed by atoms with van der Waals surface area (Å²) in [6, 6.07) is 11.3. The highest BCUT2D eigenvalue weighted by Gasteiger charge is 2.15. The highest BCUT2D eigenvalue weighted by Crippen LogP contribution is 2.14. The molecule has 1 aliphatic heterocycles. The molecule has 0 aliphatic carbocycles. The van der Waals surface area contributed by atoms with E-state index in [2.05, 4.69) is 15.6 Å². The molecule has 0 bridgehead atoms. The summed E-state index contributed by atoms with van der Waals surface area (Å²) in [7, 11) is 0. The van der Waals surface area contributed by atoms with E-state index in [0.717, 1.165) is 43.7 Å². The van der Waals surface area contributed by atoms with Gasteiger partial charge in [-0.3, -0.25) is 9.78 Å². The number of anilines is 1. The molecule has 2 N–H and O–H groups in total. The minimum absolute atomic E-state index is 0.172. The zero-order chi connectivity index (χ0) is 17.5. The third-order valence-electron chi connectivity index (χ3n) is 4.16. The molecule has 0 radical (unpaired) electrons. The van der Waals surface area contributed by atoms with Crippen LogP contribution in [0.2, 0.25) is 5.02 Å². The van der Waals surface area contributed by atoms with E-state index >= 15 is 0 Å². The van der Waals surface area contributed by atoms with E-state index in [0.29, 0.717) is 17.3 Å². The van der Waals surface area contributed by atoms with Crippen LogP contribution < -0.4 is 10.6 Å². The molecule has 6 heteroatoms. The number of amides is 1. The van der Waals surface area contributed by atoms with Crippen molar-refractivity contribution in [3.8, 4) is 0 Å². The summed E-state index contributed by atoms with van der Waals surface area (Å²) in [6.45, 7) is 2.14. The van der Waals surface area contributed by atoms with Crippen LogP contribution in [0.4, 0.5) is 5.69 Å². The second kappa shape index (κ2) is 8.83. The van der Waals surface area contributed by atoms with Crippen LogP contribution in [-0.2, 0) is 11.2 Å². The Hall–Kier alpha value is -2.11. The summed E-state index contributed by atoms with van der Waals surface area (Å²) in [6.07, 6.45) is 4.84. The van der Waals surface area contributed by atoms with Crippen LogP contribution in [0.25, 0.3) is 0 Å². The third kappa shape index (κ3) is 5.44. The van der Waals surface area contributed by atoms with E-state index in [1.807, 2.05) is 30.3 Å². The Morgan fingerprint density at radius 3 is 2.88 bits per heavy atom. The maximum atomic E-state index is 12.3. The molecule has 25 heavy (non-hydrogen) atoms. The number of carbonyl (C=O) groups excluding carboxylic acids is 1. The maximum Gasteiger partial charge on any atom is 0.269 e. The minimum atomic E-state index is -0.172. The molecule has 1 saturated heterocycles. The van der Waals surface area contributed by atoms with Crippen LogP contribution in [0.5, 0.6) is 0 Å². The maximum absolute atomic E-state index is 12.3. The van der Waals surface area contributed by atoms with Gasteiger partial charge >= 0.3 is 0 Å². The van der Waals surface area contributed by atoms with Crippen molar-refractivity contribution in [2.75, 3.05) is 25.0 Å². The van der Waals surface area contributed by atoms with E-state index in [4.69, 9.17) is 16.3 Å². The molecule has 0 spiro atoms. The monoisotopic (exact) mass is 359 g/mol. The smallest absolute Gasteiger partial charge is 0.269 e. The summed E-state index contributed by atoms with van der Waals surface area (Å²) in [5.41, 5.74) is 2.42. The Bertz CT molecular complexity index is 700. The Labute approximate surface area is 152 Å². The lowest BCUT2D eigenvalue weighted by Gasteiger charge is -2.12. The van der Waals surface area contributed by atoms with Gasteiger partial charge in [-0.1, -0.05) is 23.7 Å². The van der Waals surface area contributed by atoms with Crippen molar-refractivity contribution in [2.24, 2.45) is 0 Å². The molecule has 3 rings (SSSR count). The second-order valence-corrected chi connectivity index (χ2v) is 6.51. The number of aromatic nitrogens is 1. The lowest BCUT2D eigenvalue weighted by atomic mass is 10.1. The first-order chi connectivity index (χ1) is 12.2. The summed E-state index contributed by atoms with van der Waals surface area (Å²) in [4.78, 5) is 16.4. The molecule has 1 amide bonds. The molecule has 1 aromatic heterocycles. The fraction of sp³-hybridized carbons (Fsp3) is 0.368. The number of hydrogen-bond acceptors (Lipinski definition) is 4. The van der Waals surface area contributed by atoms with E-state index in [1.165, 1.54) is 0 Å². The quantitative estimate of drug-likeness (QED) is 0.796. The summed E-state index contributed by atoms with van der Waals surface area (Å²) in [5.74, 6) is -0.172. The molecule has 1 unspecified atom stereocenters. The summed E-state index contributed by atoms with van der Waals surface area (Å²) < 4.78 is 5.59. The van der Waals surface area contributed by atoms with Crippen LogP contribution in [0, 0.1) is 0 Å². The normalized spacial score (nSPS) is 16.6. The van der Waals surface area contributed by atoms with Crippen LogP contribution >= 0.6 is 11.6 Å². The number of halogens is 1. The standard InChI is InChI=1S/C19H22ClN3O2/c20-15-5-3-14(4-6-15)7-9-22-19(24)18-12-16(8-10-21-18)23-13-17-2-1-11-25-17/h3-6,8,10,12,17H,1-2,7,9,11,13H2,(H,21,23)(H,22,24). The Morgan fingerprint density at radius 2 is 2.12 bits per heavy atom. The molecule has 1 fully saturated rings. The Kier molecular flexibility index (Phi) is 6.25. The number of nitrogens with zero attached hydrogens (tertiary/aromatic N) is 1. The average Bonchev–Trinajstić information content (AvgIpc) is 3.15. The molecule has 5 nitrogen and oxygen atoms in total. The van der Waals surface area contributed by atoms with Crippen LogP contribution in [0.15, 0.2) is 42.6 Å². The summed E-state index contributed by atoms with van der Waals surface area (Å²) in [5, 5.41) is 6.92. The first-order valence-corrected chi connectivity index (χ1v) is 8.93. The number of carbonyl (C=O) groups is 1. The van der Waals surface area contributed by atoms with E-state index in [9.17, 15) is 4.79 Å². The van der Waals surface area contributed by atoms with Gasteiger partial charge in [0, 0.05) is 36.6 Å². The van der Waals surface area contributed by atoms with Gasteiger partial charge in [0.1, 0.15) is 5.69 Å². The van der Waals surface area contributed by atoms with Crippen LogP contribution in [-0.4, -0.2) is 36.7 Å². The van der Waals surface area contributed by atoms with Gasteiger partial charge in [-0.2, -0.15) is 0 Å². The number of hydrogen-bond donors (Lipinski definition) is 2. The number of pyridine rings is 1. The van der Waals surface area contributed by atoms with Gasteiger partial charge in [-0.25, -0.2) is 0 Å². The number of ether oxygens (including phenoxy) is 1. The van der Waals surface area contributed by atoms with Crippen molar-refractivity contribution in [3.05, 3.63) is 58.9 Å². The van der Waals surface area contributed by atoms with Crippen LogP contribution in [0.3, 0.4) is 0 Å². The van der Waals surface area contributed by atoms with Crippen molar-refractivity contribution in [3.63, 3.8) is 0 Å². The van der Waals surface area contributed by atoms with Crippen LogP contribution in [0.1, 0.15) is 28.9 Å². The van der Waals surface area contributed by atoms with Crippen molar-refractivity contribution in [1.29, 1.82) is 0 Å². The van der Waals surface area contributed by atoms with E-state index in [-0.39, 0.29) is 12.0 Å². The van der Waals surface area contributed by atoms with E-state index < -0.39 is 0 Å². The van der Waals surface area contributed by atoms with Gasteiger partial charge in [0.25, 0.3) is 5.91 Å². The molecule has 1 aliphatic rings. The molecular formula is C19H22ClN3O2. The molecule has 132 valence electrons. The first kappa shape index (κ1) is 17.7. The van der Waals surface area contributed by atoms with Gasteiger partial charge in [0.05, 0.1) is 6.10 Å². The van der Waals surface area contributed by atoms with Crippen molar-refractivity contribution in [1.82, 2.24) is 10.3 Å². The van der Waals surface area contributed by atoms with Gasteiger partial charge in [-0.15, -0.1) is 0 Å². The topological polar surface area (TPSA) is 63.2 Å². The lowest BCUT2D eigenvalue weighted by molar-refractivity contribution is 0.0949. The number of rotatable bonds is 7. The SMILES string of the molecule is O=C(NCCc1ccc(Cl)cc1)c1cc(NCC2CCCO2)ccn1. The molecule has 1 atom stereocenters. The molecule has 0 saturated carbocycles. The zero-order valence-electron chi connectivity index (χ0n) is 14.0. The predicted octanol–water partition coefficient (Wildman–Crippen LogP) is 3.30. The van der Waals surface area contributed by atoms with Crippen molar-refractivity contribution in [2.45, 2.75) is 25.4 Å². The van der Waals surface area contributed by atoms with Gasteiger partial charge in [0.2, 0.25) is 0 Å². The Balaban J connectivity index is 1.47. The Morgan fingerprint density at radius 1 is 1.28 bits per heavy atom. The predicted molar refractivity (Wildman–Crippen MR) is 99.2 cm³/mol. The van der Waals surface area contributed by atoms with E-state index in [1.54, 1.807) is 12.3 Å².